The molecule has 0 spiro atoms. The Kier molecular flexibility index (Phi) is 6.11. The summed E-state index contributed by atoms with van der Waals surface area (Å²) in [5.41, 5.74) is 2.73. The molecule has 0 aliphatic rings. The first-order valence-corrected chi connectivity index (χ1v) is 8.86. The molecule has 0 aliphatic carbocycles. The van der Waals surface area contributed by atoms with Gasteiger partial charge in [0, 0.05) is 29.6 Å². The van der Waals surface area contributed by atoms with Crippen LogP contribution in [0, 0.1) is 0 Å². The summed E-state index contributed by atoms with van der Waals surface area (Å²) in [6.45, 7) is 0. The number of hydrogen-bond acceptors (Lipinski definition) is 4. The molecule has 0 saturated heterocycles. The number of aromatic nitrogens is 1. The third-order valence-corrected chi connectivity index (χ3v) is 4.42. The van der Waals surface area contributed by atoms with E-state index in [0.717, 1.165) is 22.0 Å². The minimum Gasteiger partial charge on any atom is -0.497 e. The minimum atomic E-state index is -0.785. The number of esters is 1. The molecule has 0 fully saturated rings. The van der Waals surface area contributed by atoms with Crippen LogP contribution in [0.3, 0.4) is 0 Å². The Morgan fingerprint density at radius 1 is 1.14 bits per heavy atom. The summed E-state index contributed by atoms with van der Waals surface area (Å²) in [6, 6.07) is 14.3. The molecule has 6 heteroatoms. The second-order valence-corrected chi connectivity index (χ2v) is 6.26. The van der Waals surface area contributed by atoms with Crippen molar-refractivity contribution in [3.63, 3.8) is 0 Å². The number of fused-ring (bicyclic) bond motifs is 1. The van der Waals surface area contributed by atoms with E-state index in [1.165, 1.54) is 13.2 Å². The number of carbonyl (C=O) groups excluding carboxylic acids is 2. The third-order valence-electron chi connectivity index (χ3n) is 4.42. The maximum Gasteiger partial charge on any atom is 0.328 e. The molecule has 2 N–H and O–H groups in total. The first-order valence-electron chi connectivity index (χ1n) is 8.86. The fourth-order valence-corrected chi connectivity index (χ4v) is 2.99. The van der Waals surface area contributed by atoms with Crippen molar-refractivity contribution in [2.45, 2.75) is 12.5 Å². The number of H-pyrrole nitrogens is 1. The number of ether oxygens (including phenoxy) is 2. The van der Waals surface area contributed by atoms with Gasteiger partial charge in [0.15, 0.2) is 0 Å². The van der Waals surface area contributed by atoms with Crippen molar-refractivity contribution in [3.8, 4) is 5.75 Å². The zero-order chi connectivity index (χ0) is 19.9. The molecule has 1 heterocycles. The molecular formula is C22H22N2O4. The molecule has 2 aromatic carbocycles. The fourth-order valence-electron chi connectivity index (χ4n) is 2.99. The second kappa shape index (κ2) is 8.90. The Morgan fingerprint density at radius 2 is 1.96 bits per heavy atom. The molecular weight excluding hydrogens is 356 g/mol. The number of rotatable bonds is 7. The number of carbonyl (C=O) groups is 2. The van der Waals surface area contributed by atoms with E-state index in [4.69, 9.17) is 9.47 Å². The summed E-state index contributed by atoms with van der Waals surface area (Å²) in [7, 11) is 2.89. The van der Waals surface area contributed by atoms with Crippen LogP contribution in [0.5, 0.6) is 5.75 Å². The Labute approximate surface area is 163 Å². The van der Waals surface area contributed by atoms with Crippen LogP contribution in [-0.2, 0) is 20.7 Å². The van der Waals surface area contributed by atoms with E-state index in [2.05, 4.69) is 10.3 Å². The van der Waals surface area contributed by atoms with Crippen LogP contribution in [0.1, 0.15) is 11.1 Å². The van der Waals surface area contributed by atoms with E-state index in [9.17, 15) is 9.59 Å². The topological polar surface area (TPSA) is 80.4 Å². The van der Waals surface area contributed by atoms with Crippen LogP contribution >= 0.6 is 0 Å². The van der Waals surface area contributed by atoms with Crippen LogP contribution < -0.4 is 10.1 Å². The molecule has 0 radical (unpaired) electrons. The molecule has 1 unspecified atom stereocenters. The molecule has 0 saturated carbocycles. The van der Waals surface area contributed by atoms with Gasteiger partial charge in [-0.3, -0.25) is 4.79 Å². The van der Waals surface area contributed by atoms with Gasteiger partial charge in [-0.05, 0) is 35.4 Å². The summed E-state index contributed by atoms with van der Waals surface area (Å²) >= 11 is 0. The van der Waals surface area contributed by atoms with Gasteiger partial charge in [-0.2, -0.15) is 0 Å². The van der Waals surface area contributed by atoms with Crippen LogP contribution in [0.4, 0.5) is 0 Å². The Balaban J connectivity index is 1.72. The first kappa shape index (κ1) is 19.2. The Morgan fingerprint density at radius 3 is 2.75 bits per heavy atom. The quantitative estimate of drug-likeness (QED) is 0.489. The number of benzene rings is 2. The van der Waals surface area contributed by atoms with Gasteiger partial charge in [0.1, 0.15) is 11.8 Å². The van der Waals surface area contributed by atoms with Crippen molar-refractivity contribution in [1.29, 1.82) is 0 Å². The standard InChI is InChI=1S/C22H22N2O4/c1-27-17-7-5-6-15(12-17)10-11-21(25)24-20(22(26)28-2)13-16-14-23-19-9-4-3-8-18(16)19/h3-12,14,20,23H,13H2,1-2H3,(H,24,25). The first-order chi connectivity index (χ1) is 13.6. The molecule has 0 bridgehead atoms. The van der Waals surface area contributed by atoms with E-state index in [1.54, 1.807) is 13.2 Å². The van der Waals surface area contributed by atoms with Crippen molar-refractivity contribution < 1.29 is 19.1 Å². The number of para-hydroxylation sites is 1. The van der Waals surface area contributed by atoms with Crippen LogP contribution in [0.15, 0.2) is 60.8 Å². The van der Waals surface area contributed by atoms with Crippen LogP contribution in [-0.4, -0.2) is 37.1 Å². The van der Waals surface area contributed by atoms with Gasteiger partial charge in [-0.25, -0.2) is 4.79 Å². The largest absolute Gasteiger partial charge is 0.497 e. The Bertz CT molecular complexity index is 1010. The van der Waals surface area contributed by atoms with Gasteiger partial charge in [-0.1, -0.05) is 30.3 Å². The predicted molar refractivity (Wildman–Crippen MR) is 108 cm³/mol. The Hall–Kier alpha value is -3.54. The van der Waals surface area contributed by atoms with Crippen molar-refractivity contribution in [1.82, 2.24) is 10.3 Å². The maximum absolute atomic E-state index is 12.3. The summed E-state index contributed by atoms with van der Waals surface area (Å²) in [4.78, 5) is 27.7. The average molecular weight is 378 g/mol. The average Bonchev–Trinajstić information content (AvgIpc) is 3.14. The van der Waals surface area contributed by atoms with Crippen molar-refractivity contribution in [2.75, 3.05) is 14.2 Å². The molecule has 1 aromatic heterocycles. The summed E-state index contributed by atoms with van der Waals surface area (Å²) < 4.78 is 10.0. The van der Waals surface area contributed by atoms with E-state index in [1.807, 2.05) is 54.7 Å². The molecule has 28 heavy (non-hydrogen) atoms. The number of aromatic amines is 1. The van der Waals surface area contributed by atoms with E-state index in [0.29, 0.717) is 12.2 Å². The highest BCUT2D eigenvalue weighted by molar-refractivity contribution is 5.95. The number of hydrogen-bond donors (Lipinski definition) is 2. The van der Waals surface area contributed by atoms with Crippen molar-refractivity contribution in [2.24, 2.45) is 0 Å². The van der Waals surface area contributed by atoms with Gasteiger partial charge in [0.05, 0.1) is 14.2 Å². The third kappa shape index (κ3) is 4.59. The van der Waals surface area contributed by atoms with E-state index in [-0.39, 0.29) is 5.91 Å². The summed E-state index contributed by atoms with van der Waals surface area (Å²) in [5.74, 6) is -0.166. The second-order valence-electron chi connectivity index (χ2n) is 6.26. The lowest BCUT2D eigenvalue weighted by Gasteiger charge is -2.15. The number of methoxy groups -OCH3 is 2. The predicted octanol–water partition coefficient (Wildman–Crippen LogP) is 3.09. The fraction of sp³-hybridized carbons (Fsp3) is 0.182. The maximum atomic E-state index is 12.3. The number of nitrogens with one attached hydrogen (secondary N) is 2. The lowest BCUT2D eigenvalue weighted by molar-refractivity contribution is -0.144. The number of amides is 1. The highest BCUT2D eigenvalue weighted by atomic mass is 16.5. The molecule has 144 valence electrons. The van der Waals surface area contributed by atoms with Crippen LogP contribution in [0.2, 0.25) is 0 Å². The molecule has 3 rings (SSSR count). The smallest absolute Gasteiger partial charge is 0.328 e. The summed E-state index contributed by atoms with van der Waals surface area (Å²) in [5, 5.41) is 3.74. The van der Waals surface area contributed by atoms with Gasteiger partial charge < -0.3 is 19.8 Å². The van der Waals surface area contributed by atoms with Gasteiger partial charge in [0.2, 0.25) is 5.91 Å². The highest BCUT2D eigenvalue weighted by Crippen LogP contribution is 2.19. The van der Waals surface area contributed by atoms with Gasteiger partial charge in [-0.15, -0.1) is 0 Å². The zero-order valence-corrected chi connectivity index (χ0v) is 15.8. The summed E-state index contributed by atoms with van der Waals surface area (Å²) in [6.07, 6.45) is 5.23. The molecule has 3 aromatic rings. The van der Waals surface area contributed by atoms with Gasteiger partial charge in [0.25, 0.3) is 0 Å². The monoisotopic (exact) mass is 378 g/mol. The van der Waals surface area contributed by atoms with E-state index < -0.39 is 12.0 Å². The zero-order valence-electron chi connectivity index (χ0n) is 15.8. The normalized spacial score (nSPS) is 12.1. The SMILES string of the molecule is COC(=O)C(Cc1c[nH]c2ccccc12)NC(=O)C=Cc1cccc(OC)c1. The molecule has 1 atom stereocenters. The lowest BCUT2D eigenvalue weighted by Crippen LogP contribution is -2.42. The molecule has 0 aliphatic heterocycles. The van der Waals surface area contributed by atoms with Crippen molar-refractivity contribution >= 4 is 28.9 Å². The van der Waals surface area contributed by atoms with Crippen LogP contribution in [0.25, 0.3) is 17.0 Å². The molecule has 1 amide bonds. The van der Waals surface area contributed by atoms with E-state index >= 15 is 0 Å². The minimum absolute atomic E-state index is 0.329. The van der Waals surface area contributed by atoms with Gasteiger partial charge >= 0.3 is 5.97 Å². The highest BCUT2D eigenvalue weighted by Gasteiger charge is 2.22. The molecule has 6 nitrogen and oxygen atoms in total. The van der Waals surface area contributed by atoms with Crippen molar-refractivity contribution in [3.05, 3.63) is 71.9 Å². The lowest BCUT2D eigenvalue weighted by atomic mass is 10.0.